The second-order valence-corrected chi connectivity index (χ2v) is 7.68. The quantitative estimate of drug-likeness (QED) is 0.735. The number of hydrogen-bond acceptors (Lipinski definition) is 3. The maximum atomic E-state index is 13.2. The van der Waals surface area contributed by atoms with E-state index in [1.807, 2.05) is 48.5 Å². The molecule has 5 nitrogen and oxygen atoms in total. The number of aromatic amines is 1. The standard InChI is InChI=1S/C21H22N4O/c1-14-23-12-17-5-8-21(19(17)24-14)7-2-10-25(13-21)20(26)16-3-4-18-15(11-16)6-9-22-18/h3-4,6,9,11-12,22H,2,5,7-8,10,13H2,1H3. The van der Waals surface area contributed by atoms with Gasteiger partial charge in [0, 0.05) is 47.4 Å². The molecule has 26 heavy (non-hydrogen) atoms. The Kier molecular flexibility index (Phi) is 3.39. The van der Waals surface area contributed by atoms with E-state index < -0.39 is 0 Å². The summed E-state index contributed by atoms with van der Waals surface area (Å²) in [6.45, 7) is 3.54. The average Bonchev–Trinajstić information content (AvgIpc) is 3.26. The Morgan fingerprint density at radius 1 is 1.27 bits per heavy atom. The first-order valence-electron chi connectivity index (χ1n) is 9.34. The van der Waals surface area contributed by atoms with Gasteiger partial charge in [-0.2, -0.15) is 0 Å². The van der Waals surface area contributed by atoms with Crippen molar-refractivity contribution in [3.8, 4) is 0 Å². The fourth-order valence-corrected chi connectivity index (χ4v) is 4.70. The van der Waals surface area contributed by atoms with Gasteiger partial charge < -0.3 is 9.88 Å². The van der Waals surface area contributed by atoms with Crippen molar-refractivity contribution in [3.63, 3.8) is 0 Å². The molecule has 1 fully saturated rings. The third-order valence-electron chi connectivity index (χ3n) is 6.02. The molecular formula is C21H22N4O. The summed E-state index contributed by atoms with van der Waals surface area (Å²) in [5.74, 6) is 0.956. The Balaban J connectivity index is 1.46. The van der Waals surface area contributed by atoms with Gasteiger partial charge in [0.15, 0.2) is 0 Å². The van der Waals surface area contributed by atoms with Gasteiger partial charge in [-0.15, -0.1) is 0 Å². The summed E-state index contributed by atoms with van der Waals surface area (Å²) in [6, 6.07) is 7.92. The van der Waals surface area contributed by atoms with Crippen molar-refractivity contribution in [2.24, 2.45) is 0 Å². The number of piperidine rings is 1. The summed E-state index contributed by atoms with van der Waals surface area (Å²) in [7, 11) is 0. The van der Waals surface area contributed by atoms with Gasteiger partial charge in [0.25, 0.3) is 5.91 Å². The number of aryl methyl sites for hydroxylation is 2. The van der Waals surface area contributed by atoms with Crippen molar-refractivity contribution in [2.75, 3.05) is 13.1 Å². The number of rotatable bonds is 1. The van der Waals surface area contributed by atoms with E-state index >= 15 is 0 Å². The molecule has 0 bridgehead atoms. The minimum absolute atomic E-state index is 0.00906. The van der Waals surface area contributed by atoms with Gasteiger partial charge in [0.05, 0.1) is 5.69 Å². The van der Waals surface area contributed by atoms with Crippen LogP contribution >= 0.6 is 0 Å². The highest BCUT2D eigenvalue weighted by atomic mass is 16.2. The first-order valence-corrected chi connectivity index (χ1v) is 9.34. The molecule has 1 spiro atoms. The third-order valence-corrected chi connectivity index (χ3v) is 6.02. The monoisotopic (exact) mass is 346 g/mol. The van der Waals surface area contributed by atoms with Crippen molar-refractivity contribution < 1.29 is 4.79 Å². The molecule has 1 N–H and O–H groups in total. The molecule has 1 amide bonds. The van der Waals surface area contributed by atoms with E-state index in [1.54, 1.807) is 0 Å². The summed E-state index contributed by atoms with van der Waals surface area (Å²) >= 11 is 0. The number of H-pyrrole nitrogens is 1. The molecule has 3 heterocycles. The lowest BCUT2D eigenvalue weighted by Gasteiger charge is -2.40. The minimum atomic E-state index is 0.00906. The molecular weight excluding hydrogens is 324 g/mol. The van der Waals surface area contributed by atoms with Crippen LogP contribution in [0.25, 0.3) is 10.9 Å². The van der Waals surface area contributed by atoms with E-state index in [0.717, 1.165) is 61.1 Å². The maximum Gasteiger partial charge on any atom is 0.253 e. The van der Waals surface area contributed by atoms with Gasteiger partial charge in [-0.05, 0) is 62.4 Å². The first-order chi connectivity index (χ1) is 12.6. The zero-order chi connectivity index (χ0) is 17.7. The SMILES string of the molecule is Cc1ncc2c(n1)C1(CCCN(C(=O)c3ccc4[nH]ccc4c3)C1)CC2. The van der Waals surface area contributed by atoms with Crippen molar-refractivity contribution in [2.45, 2.75) is 38.0 Å². The summed E-state index contributed by atoms with van der Waals surface area (Å²) in [5, 5.41) is 1.08. The molecule has 1 aromatic carbocycles. The Bertz CT molecular complexity index is 1000. The Labute approximate surface area is 152 Å². The Hall–Kier alpha value is -2.69. The van der Waals surface area contributed by atoms with Crippen molar-refractivity contribution in [1.82, 2.24) is 19.9 Å². The van der Waals surface area contributed by atoms with Crippen LogP contribution in [-0.4, -0.2) is 38.8 Å². The molecule has 0 saturated carbocycles. The van der Waals surface area contributed by atoms with Gasteiger partial charge in [0.2, 0.25) is 0 Å². The van der Waals surface area contributed by atoms with Crippen LogP contribution in [0.5, 0.6) is 0 Å². The van der Waals surface area contributed by atoms with E-state index in [1.165, 1.54) is 11.3 Å². The number of aromatic nitrogens is 3. The second-order valence-electron chi connectivity index (χ2n) is 7.68. The molecule has 132 valence electrons. The van der Waals surface area contributed by atoms with Gasteiger partial charge in [0.1, 0.15) is 5.82 Å². The predicted octanol–water partition coefficient (Wildman–Crippen LogP) is 3.39. The van der Waals surface area contributed by atoms with Crippen LogP contribution in [0.15, 0.2) is 36.7 Å². The van der Waals surface area contributed by atoms with Crippen molar-refractivity contribution in [1.29, 1.82) is 0 Å². The zero-order valence-corrected chi connectivity index (χ0v) is 15.0. The maximum absolute atomic E-state index is 13.2. The normalized spacial score (nSPS) is 22.1. The number of fused-ring (bicyclic) bond motifs is 3. The molecule has 1 saturated heterocycles. The van der Waals surface area contributed by atoms with Gasteiger partial charge in [-0.1, -0.05) is 0 Å². The Morgan fingerprint density at radius 2 is 2.19 bits per heavy atom. The summed E-state index contributed by atoms with van der Waals surface area (Å²) in [5.41, 5.74) is 4.29. The van der Waals surface area contributed by atoms with Crippen LogP contribution in [0.4, 0.5) is 0 Å². The molecule has 2 aliphatic rings. The van der Waals surface area contributed by atoms with E-state index in [2.05, 4.69) is 9.97 Å². The van der Waals surface area contributed by atoms with Crippen LogP contribution < -0.4 is 0 Å². The van der Waals surface area contributed by atoms with Crippen LogP contribution in [0, 0.1) is 6.92 Å². The number of hydrogen-bond donors (Lipinski definition) is 1. The van der Waals surface area contributed by atoms with E-state index in [9.17, 15) is 4.79 Å². The predicted molar refractivity (Wildman–Crippen MR) is 100 cm³/mol. The van der Waals surface area contributed by atoms with Gasteiger partial charge in [-0.3, -0.25) is 4.79 Å². The number of likely N-dealkylation sites (tertiary alicyclic amines) is 1. The van der Waals surface area contributed by atoms with Crippen LogP contribution in [0.1, 0.15) is 46.7 Å². The first kappa shape index (κ1) is 15.6. The summed E-state index contributed by atoms with van der Waals surface area (Å²) < 4.78 is 0. The van der Waals surface area contributed by atoms with Gasteiger partial charge in [-0.25, -0.2) is 9.97 Å². The molecule has 0 radical (unpaired) electrons. The van der Waals surface area contributed by atoms with E-state index in [-0.39, 0.29) is 11.3 Å². The highest BCUT2D eigenvalue weighted by Gasteiger charge is 2.44. The lowest BCUT2D eigenvalue weighted by molar-refractivity contribution is 0.0633. The fraction of sp³-hybridized carbons (Fsp3) is 0.381. The highest BCUT2D eigenvalue weighted by molar-refractivity contribution is 5.98. The minimum Gasteiger partial charge on any atom is -0.361 e. The average molecular weight is 346 g/mol. The number of carbonyl (C=O) groups is 1. The summed E-state index contributed by atoms with van der Waals surface area (Å²) in [6.07, 6.45) is 8.12. The summed E-state index contributed by atoms with van der Waals surface area (Å²) in [4.78, 5) is 27.5. The fourth-order valence-electron chi connectivity index (χ4n) is 4.70. The lowest BCUT2D eigenvalue weighted by Crippen LogP contribution is -2.48. The third kappa shape index (κ3) is 2.34. The van der Waals surface area contributed by atoms with E-state index in [4.69, 9.17) is 4.98 Å². The molecule has 2 aromatic heterocycles. The second kappa shape index (κ2) is 5.66. The van der Waals surface area contributed by atoms with Crippen LogP contribution in [0.3, 0.4) is 0 Å². The zero-order valence-electron chi connectivity index (χ0n) is 15.0. The largest absolute Gasteiger partial charge is 0.361 e. The smallest absolute Gasteiger partial charge is 0.253 e. The molecule has 5 rings (SSSR count). The molecule has 1 atom stereocenters. The van der Waals surface area contributed by atoms with Crippen LogP contribution in [-0.2, 0) is 11.8 Å². The number of amides is 1. The van der Waals surface area contributed by atoms with E-state index in [0.29, 0.717) is 0 Å². The number of nitrogens with one attached hydrogen (secondary N) is 1. The Morgan fingerprint density at radius 3 is 3.12 bits per heavy atom. The molecule has 1 aliphatic heterocycles. The topological polar surface area (TPSA) is 61.9 Å². The van der Waals surface area contributed by atoms with Gasteiger partial charge >= 0.3 is 0 Å². The van der Waals surface area contributed by atoms with Crippen LogP contribution in [0.2, 0.25) is 0 Å². The number of carbonyl (C=O) groups excluding carboxylic acids is 1. The van der Waals surface area contributed by atoms with Crippen molar-refractivity contribution >= 4 is 16.8 Å². The molecule has 1 aliphatic carbocycles. The number of nitrogens with zero attached hydrogens (tertiary/aromatic N) is 3. The highest BCUT2D eigenvalue weighted by Crippen LogP contribution is 2.44. The number of benzene rings is 1. The molecule has 1 unspecified atom stereocenters. The molecule has 5 heteroatoms. The molecule has 3 aromatic rings. The van der Waals surface area contributed by atoms with Crippen molar-refractivity contribution in [3.05, 3.63) is 59.3 Å². The lowest BCUT2D eigenvalue weighted by atomic mass is 9.77.